The Balaban J connectivity index is 3.46. The summed E-state index contributed by atoms with van der Waals surface area (Å²) in [4.78, 5) is 24.4. The van der Waals surface area contributed by atoms with Crippen molar-refractivity contribution in [1.29, 1.82) is 0 Å². The minimum Gasteiger partial charge on any atom is -0.466 e. The second-order valence-electron chi connectivity index (χ2n) is 17.1. The number of carbonyl (C=O) groups excluding carboxylic acids is 2. The molecule has 0 aromatic carbocycles. The van der Waals surface area contributed by atoms with Crippen LogP contribution in [0.25, 0.3) is 0 Å². The second-order valence-corrected chi connectivity index (χ2v) is 17.1. The zero-order chi connectivity index (χ0) is 41.5. The molecule has 1 amide bonds. The van der Waals surface area contributed by atoms with Gasteiger partial charge in [0.25, 0.3) is 0 Å². The number of carbonyl (C=O) groups is 2. The van der Waals surface area contributed by atoms with Crippen molar-refractivity contribution < 1.29 is 24.5 Å². The Kier molecular flexibility index (Phi) is 45.7. The molecule has 0 spiro atoms. The first-order valence-corrected chi connectivity index (χ1v) is 25.1. The third-order valence-corrected chi connectivity index (χ3v) is 11.5. The molecule has 0 aliphatic carbocycles. The number of rotatable bonds is 46. The Morgan fingerprint density at radius 1 is 0.474 bits per heavy atom. The Morgan fingerprint density at radius 2 is 0.825 bits per heavy atom. The van der Waals surface area contributed by atoms with Crippen molar-refractivity contribution in [2.75, 3.05) is 13.2 Å². The van der Waals surface area contributed by atoms with Crippen LogP contribution in [-0.4, -0.2) is 47.4 Å². The number of unbranched alkanes of at least 4 members (excludes halogenated alkanes) is 33. The van der Waals surface area contributed by atoms with Crippen LogP contribution in [0.5, 0.6) is 0 Å². The lowest BCUT2D eigenvalue weighted by atomic mass is 10.0. The van der Waals surface area contributed by atoms with E-state index in [0.717, 1.165) is 57.8 Å². The van der Waals surface area contributed by atoms with Crippen LogP contribution in [0.1, 0.15) is 264 Å². The zero-order valence-electron chi connectivity index (χ0n) is 38.1. The molecular weight excluding hydrogens is 707 g/mol. The number of esters is 1. The number of aliphatic hydroxyl groups is 2. The molecule has 0 bridgehead atoms. The van der Waals surface area contributed by atoms with Gasteiger partial charge in [-0.05, 0) is 57.8 Å². The molecule has 6 nitrogen and oxygen atoms in total. The molecular formula is C51H97NO5. The minimum absolute atomic E-state index is 0.0102. The van der Waals surface area contributed by atoms with Gasteiger partial charge in [0.05, 0.1) is 25.4 Å². The minimum atomic E-state index is -0.848. The SMILES string of the molecule is CCCCCC/C=C\CCCCCCCC(=O)OCCCCCCCCCCCCCCCCCC(=O)NC(CO)C(O)/C=C/CCCCCCCCCCCC. The first-order chi connectivity index (χ1) is 28.0. The van der Waals surface area contributed by atoms with Crippen LogP contribution in [0.4, 0.5) is 0 Å². The molecule has 0 radical (unpaired) electrons. The van der Waals surface area contributed by atoms with Gasteiger partial charge < -0.3 is 20.3 Å². The molecule has 0 heterocycles. The molecule has 0 saturated heterocycles. The van der Waals surface area contributed by atoms with Gasteiger partial charge in [-0.15, -0.1) is 0 Å². The van der Waals surface area contributed by atoms with Crippen molar-refractivity contribution in [1.82, 2.24) is 5.32 Å². The van der Waals surface area contributed by atoms with E-state index in [4.69, 9.17) is 4.74 Å². The summed E-state index contributed by atoms with van der Waals surface area (Å²) >= 11 is 0. The Hall–Kier alpha value is -1.66. The van der Waals surface area contributed by atoms with Crippen molar-refractivity contribution in [3.63, 3.8) is 0 Å². The van der Waals surface area contributed by atoms with E-state index in [1.165, 1.54) is 180 Å². The number of hydrogen-bond acceptors (Lipinski definition) is 5. The van der Waals surface area contributed by atoms with Crippen molar-refractivity contribution in [3.8, 4) is 0 Å². The summed E-state index contributed by atoms with van der Waals surface area (Å²) in [6, 6.07) is -0.633. The summed E-state index contributed by atoms with van der Waals surface area (Å²) in [6.45, 7) is 4.85. The second kappa shape index (κ2) is 47.0. The van der Waals surface area contributed by atoms with Gasteiger partial charge >= 0.3 is 5.97 Å². The van der Waals surface area contributed by atoms with Crippen molar-refractivity contribution in [2.45, 2.75) is 276 Å². The average molecular weight is 804 g/mol. The van der Waals surface area contributed by atoms with E-state index >= 15 is 0 Å². The van der Waals surface area contributed by atoms with Crippen LogP contribution in [-0.2, 0) is 14.3 Å². The van der Waals surface area contributed by atoms with Crippen LogP contribution in [0, 0.1) is 0 Å². The maximum atomic E-state index is 12.4. The number of allylic oxidation sites excluding steroid dienone is 3. The largest absolute Gasteiger partial charge is 0.466 e. The molecule has 0 aromatic heterocycles. The van der Waals surface area contributed by atoms with Gasteiger partial charge in [0, 0.05) is 12.8 Å². The topological polar surface area (TPSA) is 95.9 Å². The van der Waals surface area contributed by atoms with E-state index in [0.29, 0.717) is 19.4 Å². The molecule has 57 heavy (non-hydrogen) atoms. The first-order valence-electron chi connectivity index (χ1n) is 25.1. The Bertz CT molecular complexity index is 889. The fourth-order valence-electron chi connectivity index (χ4n) is 7.57. The van der Waals surface area contributed by atoms with E-state index in [9.17, 15) is 19.8 Å². The quantitative estimate of drug-likeness (QED) is 0.0324. The van der Waals surface area contributed by atoms with E-state index in [1.807, 2.05) is 6.08 Å². The van der Waals surface area contributed by atoms with E-state index in [2.05, 4.69) is 31.3 Å². The highest BCUT2D eigenvalue weighted by Gasteiger charge is 2.18. The fraction of sp³-hybridized carbons (Fsp3) is 0.882. The number of amides is 1. The molecule has 0 rings (SSSR count). The lowest BCUT2D eigenvalue weighted by Crippen LogP contribution is -2.45. The summed E-state index contributed by atoms with van der Waals surface area (Å²) in [5.74, 6) is -0.0881. The molecule has 0 saturated carbocycles. The smallest absolute Gasteiger partial charge is 0.305 e. The normalized spacial score (nSPS) is 12.8. The zero-order valence-corrected chi connectivity index (χ0v) is 38.1. The molecule has 0 aromatic rings. The van der Waals surface area contributed by atoms with E-state index < -0.39 is 12.1 Å². The fourth-order valence-corrected chi connectivity index (χ4v) is 7.57. The monoisotopic (exact) mass is 804 g/mol. The Morgan fingerprint density at radius 3 is 1.26 bits per heavy atom. The Labute approximate surface area is 354 Å². The van der Waals surface area contributed by atoms with Gasteiger partial charge in [0.1, 0.15) is 0 Å². The summed E-state index contributed by atoms with van der Waals surface area (Å²) < 4.78 is 5.45. The van der Waals surface area contributed by atoms with Crippen LogP contribution in [0.3, 0.4) is 0 Å². The van der Waals surface area contributed by atoms with Crippen LogP contribution in [0.15, 0.2) is 24.3 Å². The number of aliphatic hydroxyl groups excluding tert-OH is 2. The molecule has 0 fully saturated rings. The third kappa shape index (κ3) is 43.7. The number of hydrogen-bond donors (Lipinski definition) is 3. The maximum Gasteiger partial charge on any atom is 0.305 e. The highest BCUT2D eigenvalue weighted by Crippen LogP contribution is 2.15. The van der Waals surface area contributed by atoms with Gasteiger partial charge in [-0.3, -0.25) is 9.59 Å². The first kappa shape index (κ1) is 55.3. The third-order valence-electron chi connectivity index (χ3n) is 11.5. The van der Waals surface area contributed by atoms with Crippen LogP contribution < -0.4 is 5.32 Å². The predicted octanol–water partition coefficient (Wildman–Crippen LogP) is 14.7. The molecule has 3 N–H and O–H groups in total. The van der Waals surface area contributed by atoms with Gasteiger partial charge in [0.2, 0.25) is 5.91 Å². The molecule has 0 aliphatic rings. The number of ether oxygens (including phenoxy) is 1. The van der Waals surface area contributed by atoms with Crippen LogP contribution >= 0.6 is 0 Å². The van der Waals surface area contributed by atoms with Crippen molar-refractivity contribution in [2.24, 2.45) is 0 Å². The molecule has 2 unspecified atom stereocenters. The highest BCUT2D eigenvalue weighted by atomic mass is 16.5. The average Bonchev–Trinajstić information content (AvgIpc) is 3.21. The van der Waals surface area contributed by atoms with Gasteiger partial charge in [-0.2, -0.15) is 0 Å². The van der Waals surface area contributed by atoms with Gasteiger partial charge in [-0.1, -0.05) is 218 Å². The van der Waals surface area contributed by atoms with Crippen LogP contribution in [0.2, 0.25) is 0 Å². The molecule has 336 valence electrons. The summed E-state index contributed by atoms with van der Waals surface area (Å²) in [5.41, 5.74) is 0. The predicted molar refractivity (Wildman–Crippen MR) is 246 cm³/mol. The molecule has 2 atom stereocenters. The lowest BCUT2D eigenvalue weighted by molar-refractivity contribution is -0.143. The summed E-state index contributed by atoms with van der Waals surface area (Å²) in [7, 11) is 0. The molecule has 6 heteroatoms. The van der Waals surface area contributed by atoms with Gasteiger partial charge in [-0.25, -0.2) is 0 Å². The van der Waals surface area contributed by atoms with E-state index in [1.54, 1.807) is 6.08 Å². The number of nitrogens with one attached hydrogen (secondary N) is 1. The van der Waals surface area contributed by atoms with Gasteiger partial charge in [0.15, 0.2) is 0 Å². The van der Waals surface area contributed by atoms with Crippen molar-refractivity contribution >= 4 is 11.9 Å². The van der Waals surface area contributed by atoms with E-state index in [-0.39, 0.29) is 18.5 Å². The highest BCUT2D eigenvalue weighted by molar-refractivity contribution is 5.76. The summed E-state index contributed by atoms with van der Waals surface area (Å²) in [6.07, 6.45) is 54.5. The van der Waals surface area contributed by atoms with Crippen molar-refractivity contribution in [3.05, 3.63) is 24.3 Å². The molecule has 0 aliphatic heterocycles. The maximum absolute atomic E-state index is 12.4. The standard InChI is InChI=1S/C51H97NO5/c1-3-5-7-9-11-13-15-20-25-29-33-37-41-45-51(56)57-46-42-38-34-30-26-22-19-17-18-21-24-28-32-36-40-44-50(55)52-48(47-53)49(54)43-39-35-31-27-23-16-14-12-10-8-6-4-2/h13,15,39,43,48-49,53-54H,3-12,14,16-38,40-42,44-47H2,1-2H3,(H,52,55)/b15-13-,43-39+. The summed E-state index contributed by atoms with van der Waals surface area (Å²) in [5, 5.41) is 23.0. The lowest BCUT2D eigenvalue weighted by Gasteiger charge is -2.20.